The topological polar surface area (TPSA) is 148 Å². The van der Waals surface area contributed by atoms with Crippen LogP contribution in [0.15, 0.2) is 71.9 Å². The number of carbonyl (C=O) groups is 3. The van der Waals surface area contributed by atoms with Crippen LogP contribution in [0.25, 0.3) is 5.57 Å². The maximum Gasteiger partial charge on any atom is 0.338 e. The molecule has 0 radical (unpaired) electrons. The Labute approximate surface area is 349 Å². The van der Waals surface area contributed by atoms with Crippen molar-refractivity contribution in [1.82, 2.24) is 9.80 Å². The van der Waals surface area contributed by atoms with Crippen LogP contribution in [0.2, 0.25) is 5.02 Å². The molecule has 2 atom stereocenters. The average Bonchev–Trinajstić information content (AvgIpc) is 3.72. The van der Waals surface area contributed by atoms with Gasteiger partial charge in [0.15, 0.2) is 5.82 Å². The Bertz CT molecular complexity index is 2020. The van der Waals surface area contributed by atoms with Crippen molar-refractivity contribution in [2.24, 2.45) is 5.16 Å². The van der Waals surface area contributed by atoms with Crippen molar-refractivity contribution >= 4 is 46.4 Å². The minimum Gasteiger partial charge on any atom is -0.456 e. The number of esters is 1. The molecule has 2 N–H and O–H groups in total. The van der Waals surface area contributed by atoms with Gasteiger partial charge in [0.1, 0.15) is 11.6 Å². The van der Waals surface area contributed by atoms with Gasteiger partial charge < -0.3 is 39.1 Å². The molecular weight excluding hydrogens is 783 g/mol. The summed E-state index contributed by atoms with van der Waals surface area (Å²) < 4.78 is 36.8. The van der Waals surface area contributed by atoms with Crippen molar-refractivity contribution in [2.75, 3.05) is 77.7 Å². The lowest BCUT2D eigenvalue weighted by Gasteiger charge is -2.38. The van der Waals surface area contributed by atoms with Crippen LogP contribution in [0.5, 0.6) is 0 Å². The molecule has 0 spiro atoms. The molecule has 3 aliphatic rings. The van der Waals surface area contributed by atoms with E-state index in [0.29, 0.717) is 62.9 Å². The Balaban J connectivity index is 1.16. The number of nitrogens with zero attached hydrogens (tertiary/aromatic N) is 3. The Hall–Kier alpha value is -4.70. The lowest BCUT2D eigenvalue weighted by atomic mass is 9.84. The van der Waals surface area contributed by atoms with Crippen LogP contribution < -0.4 is 5.32 Å². The van der Waals surface area contributed by atoms with E-state index in [1.165, 1.54) is 22.6 Å². The number of carbonyl (C=O) groups excluding carboxylic acids is 3. The number of aliphatic hydroxyl groups is 1. The highest BCUT2D eigenvalue weighted by Gasteiger charge is 2.42. The molecule has 3 heterocycles. The molecule has 15 heteroatoms. The molecule has 3 aromatic rings. The zero-order valence-electron chi connectivity index (χ0n) is 33.7. The summed E-state index contributed by atoms with van der Waals surface area (Å²) in [6.07, 6.45) is 2.45. The number of rotatable bonds is 17. The fourth-order valence-electron chi connectivity index (χ4n) is 7.27. The first-order valence-electron chi connectivity index (χ1n) is 19.9. The first-order valence-corrected chi connectivity index (χ1v) is 20.3. The molecule has 0 saturated carbocycles. The van der Waals surface area contributed by atoms with Crippen LogP contribution in [0.4, 0.5) is 10.1 Å². The van der Waals surface area contributed by atoms with E-state index < -0.39 is 41.3 Å². The molecule has 316 valence electrons. The third-order valence-corrected chi connectivity index (χ3v) is 10.4. The molecule has 0 aliphatic carbocycles. The molecule has 0 saturated heterocycles. The lowest BCUT2D eigenvalue weighted by molar-refractivity contribution is -0.148. The predicted octanol–water partition coefficient (Wildman–Crippen LogP) is 5.82. The lowest BCUT2D eigenvalue weighted by Crippen LogP contribution is -2.49. The summed E-state index contributed by atoms with van der Waals surface area (Å²) >= 11 is 6.02. The normalized spacial score (nSPS) is 18.1. The molecule has 59 heavy (non-hydrogen) atoms. The second-order valence-electron chi connectivity index (χ2n) is 15.4. The first kappa shape index (κ1) is 43.9. The number of amides is 2. The molecule has 2 amide bonds. The predicted molar refractivity (Wildman–Crippen MR) is 221 cm³/mol. The van der Waals surface area contributed by atoms with Gasteiger partial charge in [0.25, 0.3) is 11.8 Å². The van der Waals surface area contributed by atoms with Gasteiger partial charge in [-0.2, -0.15) is 0 Å². The minimum atomic E-state index is -1.07. The summed E-state index contributed by atoms with van der Waals surface area (Å²) in [6, 6.07) is 15.8. The first-order chi connectivity index (χ1) is 28.4. The Morgan fingerprint density at radius 3 is 2.31 bits per heavy atom. The van der Waals surface area contributed by atoms with E-state index in [-0.39, 0.29) is 35.9 Å². The van der Waals surface area contributed by atoms with Gasteiger partial charge in [-0.3, -0.25) is 14.5 Å². The number of oxime groups is 1. The number of aliphatic hydroxyl groups excluding tert-OH is 1. The van der Waals surface area contributed by atoms with Crippen LogP contribution in [-0.2, 0) is 39.8 Å². The second-order valence-corrected chi connectivity index (χ2v) is 15.8. The van der Waals surface area contributed by atoms with Crippen LogP contribution >= 0.6 is 11.6 Å². The van der Waals surface area contributed by atoms with Crippen molar-refractivity contribution in [3.8, 4) is 0 Å². The summed E-state index contributed by atoms with van der Waals surface area (Å²) in [5.74, 6) is -2.02. The van der Waals surface area contributed by atoms with Crippen molar-refractivity contribution < 1.29 is 47.7 Å². The highest BCUT2D eigenvalue weighted by molar-refractivity contribution is 6.31. The quantitative estimate of drug-likeness (QED) is 0.126. The van der Waals surface area contributed by atoms with E-state index in [1.807, 2.05) is 12.1 Å². The van der Waals surface area contributed by atoms with Crippen LogP contribution in [0.1, 0.15) is 72.3 Å². The van der Waals surface area contributed by atoms with Gasteiger partial charge in [-0.25, -0.2) is 9.18 Å². The largest absolute Gasteiger partial charge is 0.456 e. The summed E-state index contributed by atoms with van der Waals surface area (Å²) in [4.78, 5) is 50.8. The van der Waals surface area contributed by atoms with E-state index in [4.69, 9.17) is 40.5 Å². The van der Waals surface area contributed by atoms with Crippen LogP contribution in [-0.4, -0.2) is 123 Å². The summed E-state index contributed by atoms with van der Waals surface area (Å²) in [5.41, 5.74) is 4.43. The molecule has 3 aliphatic heterocycles. The fourth-order valence-corrected chi connectivity index (χ4v) is 7.44. The molecule has 13 nitrogen and oxygen atoms in total. The highest BCUT2D eigenvalue weighted by atomic mass is 35.5. The van der Waals surface area contributed by atoms with Crippen molar-refractivity contribution in [3.63, 3.8) is 0 Å². The monoisotopic (exact) mass is 834 g/mol. The van der Waals surface area contributed by atoms with E-state index >= 15 is 0 Å². The zero-order valence-corrected chi connectivity index (χ0v) is 34.5. The van der Waals surface area contributed by atoms with Gasteiger partial charge >= 0.3 is 5.97 Å². The van der Waals surface area contributed by atoms with Gasteiger partial charge in [-0.1, -0.05) is 47.1 Å². The van der Waals surface area contributed by atoms with Gasteiger partial charge in [0.2, 0.25) is 6.10 Å². The summed E-state index contributed by atoms with van der Waals surface area (Å²) in [7, 11) is 0. The van der Waals surface area contributed by atoms with Crippen LogP contribution in [0, 0.1) is 5.82 Å². The smallest absolute Gasteiger partial charge is 0.338 e. The van der Waals surface area contributed by atoms with Gasteiger partial charge in [0.05, 0.1) is 62.5 Å². The number of hydrogen-bond donors (Lipinski definition) is 2. The number of nitrogens with one attached hydrogen (secondary N) is 1. The van der Waals surface area contributed by atoms with E-state index in [2.05, 4.69) is 27.5 Å². The SMILES string of the molecule is CC(C)(C)OC(=O)c1ccc(NC(=O)[C@@H]2c3cccc(C4=CCN(CCOCCOCCOCCO)CC4)c3CCN2C(=O)[C@H]2CC(c3cccc(Cl)c3F)=NO2)cc1. The maximum atomic E-state index is 14.9. The third-order valence-electron chi connectivity index (χ3n) is 10.1. The fraction of sp³-hybridized carbons (Fsp3) is 0.455. The highest BCUT2D eigenvalue weighted by Crippen LogP contribution is 2.38. The maximum absolute atomic E-state index is 14.9. The molecule has 6 rings (SSSR count). The zero-order chi connectivity index (χ0) is 41.9. The van der Waals surface area contributed by atoms with Gasteiger partial charge in [-0.05, 0) is 92.3 Å². The minimum absolute atomic E-state index is 0.00369. The van der Waals surface area contributed by atoms with Crippen molar-refractivity contribution in [1.29, 1.82) is 0 Å². The Morgan fingerprint density at radius 1 is 0.915 bits per heavy atom. The molecular formula is C44H52ClFN4O9. The number of benzene rings is 3. The molecule has 3 aromatic carbocycles. The van der Waals surface area contributed by atoms with E-state index in [1.54, 1.807) is 51.1 Å². The number of fused-ring (bicyclic) bond motifs is 1. The number of ether oxygens (including phenoxy) is 4. The summed E-state index contributed by atoms with van der Waals surface area (Å²) in [6.45, 7) is 10.7. The van der Waals surface area contributed by atoms with Gasteiger partial charge in [-0.15, -0.1) is 0 Å². The second kappa shape index (κ2) is 20.5. The van der Waals surface area contributed by atoms with Gasteiger partial charge in [0, 0.05) is 43.9 Å². The van der Waals surface area contributed by atoms with Crippen molar-refractivity contribution in [2.45, 2.75) is 57.8 Å². The number of hydrogen-bond acceptors (Lipinski definition) is 11. The average molecular weight is 835 g/mol. The van der Waals surface area contributed by atoms with Crippen molar-refractivity contribution in [3.05, 3.63) is 105 Å². The number of halogens is 2. The standard InChI is InChI=1S/C44H52ClFN4O9/c1-44(2,3)58-43(54)30-10-12-31(13-11-30)47-41(52)40-34-7-4-6-32(29-14-17-49(18-15-29)20-22-55-24-26-57-27-25-56-23-21-51)33(34)16-19-50(40)42(53)38-28-37(48-59-38)35-8-5-9-36(45)39(35)46/h4-14,38,40,51H,15-28H2,1-3H3,(H,47,52)/t38-,40+/m1/s1. The van der Waals surface area contributed by atoms with Crippen LogP contribution in [0.3, 0.4) is 0 Å². The molecule has 0 unspecified atom stereocenters. The van der Waals surface area contributed by atoms with E-state index in [9.17, 15) is 18.8 Å². The molecule has 0 aromatic heterocycles. The summed E-state index contributed by atoms with van der Waals surface area (Å²) in [5, 5.41) is 15.7. The molecule has 0 fully saturated rings. The number of anilines is 1. The van der Waals surface area contributed by atoms with E-state index in [0.717, 1.165) is 37.2 Å². The molecule has 0 bridgehead atoms. The third kappa shape index (κ3) is 11.5. The Kier molecular flexibility index (Phi) is 15.3. The Morgan fingerprint density at radius 2 is 1.61 bits per heavy atom.